The van der Waals surface area contributed by atoms with Crippen LogP contribution < -0.4 is 4.74 Å². The number of carbonyl (C=O) groups is 2. The second kappa shape index (κ2) is 7.12. The number of hydrogen-bond donors (Lipinski definition) is 0. The summed E-state index contributed by atoms with van der Waals surface area (Å²) in [6, 6.07) is 10.6. The van der Waals surface area contributed by atoms with E-state index in [1.807, 2.05) is 0 Å². The van der Waals surface area contributed by atoms with E-state index < -0.39 is 4.92 Å². The Bertz CT molecular complexity index is 828. The van der Waals surface area contributed by atoms with Crippen LogP contribution in [-0.4, -0.2) is 35.1 Å². The molecule has 2 aromatic carbocycles. The molecular weight excluding hydrogens is 324 g/mol. The molecule has 25 heavy (non-hydrogen) atoms. The molecular formula is C18H16N2O5. The maximum absolute atomic E-state index is 12.6. The van der Waals surface area contributed by atoms with E-state index in [9.17, 15) is 19.7 Å². The van der Waals surface area contributed by atoms with Crippen molar-refractivity contribution in [3.63, 3.8) is 0 Å². The first-order chi connectivity index (χ1) is 12.1. The highest BCUT2D eigenvalue weighted by molar-refractivity contribution is 5.97. The first-order valence-electron chi connectivity index (χ1n) is 7.90. The van der Waals surface area contributed by atoms with Gasteiger partial charge in [0.05, 0.1) is 10.5 Å². The highest BCUT2D eigenvalue weighted by Gasteiger charge is 2.24. The number of aldehydes is 1. The van der Waals surface area contributed by atoms with E-state index in [0.717, 1.165) is 18.9 Å². The second-order valence-electron chi connectivity index (χ2n) is 5.70. The zero-order valence-electron chi connectivity index (χ0n) is 13.4. The molecule has 0 N–H and O–H groups in total. The van der Waals surface area contributed by atoms with Gasteiger partial charge >= 0.3 is 5.69 Å². The minimum Gasteiger partial charge on any atom is -0.449 e. The number of carbonyl (C=O) groups excluding carboxylic acids is 2. The van der Waals surface area contributed by atoms with E-state index in [-0.39, 0.29) is 28.7 Å². The minimum absolute atomic E-state index is 0.0164. The van der Waals surface area contributed by atoms with E-state index in [1.54, 1.807) is 29.2 Å². The number of rotatable bonds is 5. The SMILES string of the molecule is O=Cc1ccc(Oc2ccccc2C(=O)N2CCCC2)c([N+](=O)[O-])c1. The first kappa shape index (κ1) is 16.6. The summed E-state index contributed by atoms with van der Waals surface area (Å²) in [5, 5.41) is 11.2. The van der Waals surface area contributed by atoms with Gasteiger partial charge in [-0.2, -0.15) is 0 Å². The summed E-state index contributed by atoms with van der Waals surface area (Å²) >= 11 is 0. The van der Waals surface area contributed by atoms with Crippen molar-refractivity contribution in [1.82, 2.24) is 4.90 Å². The quantitative estimate of drug-likeness (QED) is 0.472. The Morgan fingerprint density at radius 1 is 1.12 bits per heavy atom. The van der Waals surface area contributed by atoms with Crippen molar-refractivity contribution in [3.05, 3.63) is 63.7 Å². The molecule has 0 radical (unpaired) electrons. The number of para-hydroxylation sites is 1. The van der Waals surface area contributed by atoms with Crippen molar-refractivity contribution in [1.29, 1.82) is 0 Å². The number of ether oxygens (including phenoxy) is 1. The van der Waals surface area contributed by atoms with Gasteiger partial charge in [0, 0.05) is 24.7 Å². The fourth-order valence-corrected chi connectivity index (χ4v) is 2.78. The molecule has 128 valence electrons. The highest BCUT2D eigenvalue weighted by Crippen LogP contribution is 2.34. The summed E-state index contributed by atoms with van der Waals surface area (Å²) in [5.41, 5.74) is 0.215. The molecule has 1 aliphatic rings. The molecule has 0 bridgehead atoms. The van der Waals surface area contributed by atoms with Gasteiger partial charge in [-0.25, -0.2) is 0 Å². The Labute approximate surface area is 144 Å². The van der Waals surface area contributed by atoms with Gasteiger partial charge in [-0.1, -0.05) is 12.1 Å². The van der Waals surface area contributed by atoms with E-state index >= 15 is 0 Å². The summed E-state index contributed by atoms with van der Waals surface area (Å²) < 4.78 is 5.68. The Balaban J connectivity index is 1.95. The maximum atomic E-state index is 12.6. The third kappa shape index (κ3) is 3.50. The Kier molecular flexibility index (Phi) is 4.74. The third-order valence-corrected chi connectivity index (χ3v) is 4.05. The summed E-state index contributed by atoms with van der Waals surface area (Å²) in [4.78, 5) is 35.8. The molecule has 0 aromatic heterocycles. The van der Waals surface area contributed by atoms with Gasteiger partial charge in [0.25, 0.3) is 5.91 Å². The number of likely N-dealkylation sites (tertiary alicyclic amines) is 1. The summed E-state index contributed by atoms with van der Waals surface area (Å²) in [5.74, 6) is 0.0823. The van der Waals surface area contributed by atoms with Gasteiger partial charge in [0.1, 0.15) is 12.0 Å². The zero-order valence-corrected chi connectivity index (χ0v) is 13.4. The van der Waals surface area contributed by atoms with Crippen LogP contribution in [0.4, 0.5) is 5.69 Å². The smallest absolute Gasteiger partial charge is 0.312 e. The standard InChI is InChI=1S/C18H16N2O5/c21-12-13-7-8-17(15(11-13)20(23)24)25-16-6-2-1-5-14(16)18(22)19-9-3-4-10-19/h1-2,5-8,11-12H,3-4,9-10H2. The number of nitro benzene ring substituents is 1. The number of nitro groups is 1. The van der Waals surface area contributed by atoms with Crippen LogP contribution in [0.5, 0.6) is 11.5 Å². The van der Waals surface area contributed by atoms with E-state index in [1.165, 1.54) is 12.1 Å². The molecule has 1 saturated heterocycles. The molecule has 0 unspecified atom stereocenters. The number of nitrogens with zero attached hydrogens (tertiary/aromatic N) is 2. The van der Waals surface area contributed by atoms with Crippen LogP contribution in [0.15, 0.2) is 42.5 Å². The molecule has 7 nitrogen and oxygen atoms in total. The summed E-state index contributed by atoms with van der Waals surface area (Å²) in [6.07, 6.45) is 2.46. The average Bonchev–Trinajstić information content (AvgIpc) is 3.16. The number of amides is 1. The number of hydrogen-bond acceptors (Lipinski definition) is 5. The predicted octanol–water partition coefficient (Wildman–Crippen LogP) is 3.44. The lowest BCUT2D eigenvalue weighted by atomic mass is 10.1. The molecule has 1 fully saturated rings. The van der Waals surface area contributed by atoms with Crippen LogP contribution in [-0.2, 0) is 0 Å². The third-order valence-electron chi connectivity index (χ3n) is 4.05. The largest absolute Gasteiger partial charge is 0.449 e. The van der Waals surface area contributed by atoms with Gasteiger partial charge in [-0.15, -0.1) is 0 Å². The minimum atomic E-state index is -0.618. The summed E-state index contributed by atoms with van der Waals surface area (Å²) in [6.45, 7) is 1.39. The van der Waals surface area contributed by atoms with Crippen molar-refractivity contribution in [3.8, 4) is 11.5 Å². The number of benzene rings is 2. The molecule has 3 rings (SSSR count). The van der Waals surface area contributed by atoms with Crippen LogP contribution >= 0.6 is 0 Å². The van der Waals surface area contributed by atoms with Crippen LogP contribution in [0, 0.1) is 10.1 Å². The average molecular weight is 340 g/mol. The van der Waals surface area contributed by atoms with Crippen LogP contribution in [0.2, 0.25) is 0 Å². The molecule has 0 atom stereocenters. The molecule has 7 heteroatoms. The van der Waals surface area contributed by atoms with Crippen molar-refractivity contribution < 1.29 is 19.2 Å². The van der Waals surface area contributed by atoms with Crippen molar-refractivity contribution in [2.24, 2.45) is 0 Å². The highest BCUT2D eigenvalue weighted by atomic mass is 16.6. The van der Waals surface area contributed by atoms with Crippen LogP contribution in [0.25, 0.3) is 0 Å². The van der Waals surface area contributed by atoms with Crippen LogP contribution in [0.3, 0.4) is 0 Å². The lowest BCUT2D eigenvalue weighted by Gasteiger charge is -2.17. The monoisotopic (exact) mass is 340 g/mol. The lowest BCUT2D eigenvalue weighted by Crippen LogP contribution is -2.27. The maximum Gasteiger partial charge on any atom is 0.312 e. The summed E-state index contributed by atoms with van der Waals surface area (Å²) in [7, 11) is 0. The lowest BCUT2D eigenvalue weighted by molar-refractivity contribution is -0.385. The van der Waals surface area contributed by atoms with Gasteiger partial charge in [0.2, 0.25) is 5.75 Å². The van der Waals surface area contributed by atoms with Gasteiger partial charge in [-0.05, 0) is 37.1 Å². The topological polar surface area (TPSA) is 89.8 Å². The molecule has 1 amide bonds. The first-order valence-corrected chi connectivity index (χ1v) is 7.90. The van der Waals surface area contributed by atoms with Gasteiger partial charge < -0.3 is 9.64 Å². The molecule has 0 saturated carbocycles. The Hall–Kier alpha value is -3.22. The van der Waals surface area contributed by atoms with Crippen LogP contribution in [0.1, 0.15) is 33.6 Å². The molecule has 1 aliphatic heterocycles. The van der Waals surface area contributed by atoms with Crippen molar-refractivity contribution in [2.75, 3.05) is 13.1 Å². The fraction of sp³-hybridized carbons (Fsp3) is 0.222. The van der Waals surface area contributed by atoms with Gasteiger partial charge in [0.15, 0.2) is 0 Å². The zero-order chi connectivity index (χ0) is 17.8. The van der Waals surface area contributed by atoms with Crippen molar-refractivity contribution in [2.45, 2.75) is 12.8 Å². The molecule has 2 aromatic rings. The predicted molar refractivity (Wildman–Crippen MR) is 90.1 cm³/mol. The second-order valence-corrected chi connectivity index (χ2v) is 5.70. The van der Waals surface area contributed by atoms with E-state index in [4.69, 9.17) is 4.74 Å². The molecule has 0 aliphatic carbocycles. The molecule has 1 heterocycles. The Morgan fingerprint density at radius 2 is 1.84 bits per heavy atom. The van der Waals surface area contributed by atoms with E-state index in [0.29, 0.717) is 24.9 Å². The van der Waals surface area contributed by atoms with Crippen molar-refractivity contribution >= 4 is 17.9 Å². The fourth-order valence-electron chi connectivity index (χ4n) is 2.78. The van der Waals surface area contributed by atoms with E-state index in [2.05, 4.69) is 0 Å². The van der Waals surface area contributed by atoms with Gasteiger partial charge in [-0.3, -0.25) is 19.7 Å². The normalized spacial score (nSPS) is 13.5. The molecule has 0 spiro atoms. The Morgan fingerprint density at radius 3 is 2.52 bits per heavy atom.